The van der Waals surface area contributed by atoms with Crippen LogP contribution in [0.3, 0.4) is 0 Å². The second-order valence-electron chi connectivity index (χ2n) is 4.65. The first-order valence-corrected chi connectivity index (χ1v) is 6.24. The number of nitrogens with zero attached hydrogens (tertiary/aromatic N) is 2. The number of hydrogen-bond donors (Lipinski definition) is 0. The molecule has 0 aliphatic carbocycles. The van der Waals surface area contributed by atoms with Gasteiger partial charge in [0.05, 0.1) is 6.07 Å². The number of nitriles is 1. The summed E-state index contributed by atoms with van der Waals surface area (Å²) in [5.41, 5.74) is 3.39. The van der Waals surface area contributed by atoms with E-state index in [-0.39, 0.29) is 11.9 Å². The molecule has 0 spiro atoms. The Hall–Kier alpha value is -2.34. The molecule has 3 heteroatoms. The van der Waals surface area contributed by atoms with Crippen LogP contribution >= 0.6 is 0 Å². The van der Waals surface area contributed by atoms with E-state index in [1.54, 1.807) is 4.90 Å². The molecule has 96 valence electrons. The zero-order chi connectivity index (χ0) is 13.8. The third-order valence-corrected chi connectivity index (χ3v) is 3.33. The van der Waals surface area contributed by atoms with Crippen molar-refractivity contribution in [1.82, 2.24) is 4.90 Å². The zero-order valence-corrected chi connectivity index (χ0v) is 11.0. The Bertz CT molecular complexity index is 563. The van der Waals surface area contributed by atoms with Crippen LogP contribution in [0.1, 0.15) is 17.5 Å². The van der Waals surface area contributed by atoms with E-state index in [0.29, 0.717) is 13.0 Å². The second kappa shape index (κ2) is 5.53. The van der Waals surface area contributed by atoms with E-state index >= 15 is 0 Å². The molecule has 0 N–H and O–H groups in total. The van der Waals surface area contributed by atoms with Crippen LogP contribution < -0.4 is 0 Å². The number of amides is 1. The lowest BCUT2D eigenvalue weighted by molar-refractivity contribution is -0.126. The molecule has 0 saturated heterocycles. The predicted molar refractivity (Wildman–Crippen MR) is 75.1 cm³/mol. The first-order chi connectivity index (χ1) is 9.15. The van der Waals surface area contributed by atoms with Gasteiger partial charge in [0.1, 0.15) is 6.04 Å². The predicted octanol–water partition coefficient (Wildman–Crippen LogP) is 2.69. The Morgan fingerprint density at radius 3 is 2.74 bits per heavy atom. The van der Waals surface area contributed by atoms with Crippen molar-refractivity contribution in [3.05, 3.63) is 54.1 Å². The highest BCUT2D eigenvalue weighted by molar-refractivity contribution is 5.89. The van der Waals surface area contributed by atoms with Crippen molar-refractivity contribution < 1.29 is 4.79 Å². The van der Waals surface area contributed by atoms with Gasteiger partial charge >= 0.3 is 0 Å². The summed E-state index contributed by atoms with van der Waals surface area (Å²) in [6.07, 6.45) is 3.88. The maximum absolute atomic E-state index is 11.8. The molecular weight excluding hydrogens is 236 g/mol. The number of carbonyl (C=O) groups is 1. The van der Waals surface area contributed by atoms with Gasteiger partial charge in [0, 0.05) is 6.54 Å². The first-order valence-electron chi connectivity index (χ1n) is 6.24. The summed E-state index contributed by atoms with van der Waals surface area (Å²) in [5.74, 6) is -0.190. The molecule has 2 rings (SSSR count). The van der Waals surface area contributed by atoms with Gasteiger partial charge in [-0.3, -0.25) is 4.79 Å². The van der Waals surface area contributed by atoms with Crippen molar-refractivity contribution in [2.45, 2.75) is 19.4 Å². The molecule has 0 bridgehead atoms. The quantitative estimate of drug-likeness (QED) is 0.759. The van der Waals surface area contributed by atoms with Gasteiger partial charge < -0.3 is 4.90 Å². The zero-order valence-electron chi connectivity index (χ0n) is 11.0. The van der Waals surface area contributed by atoms with Gasteiger partial charge in [0.2, 0.25) is 5.91 Å². The molecule has 1 aromatic carbocycles. The van der Waals surface area contributed by atoms with Crippen LogP contribution in [0.2, 0.25) is 0 Å². The highest BCUT2D eigenvalue weighted by Gasteiger charge is 2.26. The van der Waals surface area contributed by atoms with E-state index in [1.807, 2.05) is 37.3 Å². The van der Waals surface area contributed by atoms with Crippen molar-refractivity contribution in [1.29, 1.82) is 5.26 Å². The van der Waals surface area contributed by atoms with Gasteiger partial charge in [-0.05, 0) is 30.6 Å². The van der Waals surface area contributed by atoms with E-state index in [9.17, 15) is 4.79 Å². The van der Waals surface area contributed by atoms with Crippen molar-refractivity contribution in [3.8, 4) is 6.07 Å². The lowest BCUT2D eigenvalue weighted by atomic mass is 9.97. The Kier molecular flexibility index (Phi) is 3.82. The van der Waals surface area contributed by atoms with Crippen LogP contribution in [0.15, 0.2) is 43.0 Å². The van der Waals surface area contributed by atoms with Crippen molar-refractivity contribution in [2.24, 2.45) is 0 Å². The second-order valence-corrected chi connectivity index (χ2v) is 4.65. The topological polar surface area (TPSA) is 44.1 Å². The fraction of sp³-hybridized carbons (Fsp3) is 0.250. The van der Waals surface area contributed by atoms with Crippen LogP contribution in [0.4, 0.5) is 0 Å². The SMILES string of the molecule is C=CC(=O)N1CC(c2ccc(C)cc2)=CCC1C#N. The largest absolute Gasteiger partial charge is 0.318 e. The molecule has 19 heavy (non-hydrogen) atoms. The van der Waals surface area contributed by atoms with Gasteiger partial charge in [0.15, 0.2) is 0 Å². The van der Waals surface area contributed by atoms with Crippen LogP contribution in [0.5, 0.6) is 0 Å². The third kappa shape index (κ3) is 2.74. The summed E-state index contributed by atoms with van der Waals surface area (Å²) in [4.78, 5) is 13.4. The summed E-state index contributed by atoms with van der Waals surface area (Å²) in [6, 6.07) is 9.96. The van der Waals surface area contributed by atoms with Gasteiger partial charge in [-0.25, -0.2) is 0 Å². The Labute approximate surface area is 113 Å². The molecule has 1 aliphatic heterocycles. The van der Waals surface area contributed by atoms with E-state index in [0.717, 1.165) is 11.1 Å². The van der Waals surface area contributed by atoms with E-state index in [2.05, 4.69) is 12.6 Å². The molecule has 0 aromatic heterocycles. The highest BCUT2D eigenvalue weighted by atomic mass is 16.2. The number of carbonyl (C=O) groups excluding carboxylic acids is 1. The summed E-state index contributed by atoms with van der Waals surface area (Å²) < 4.78 is 0. The average Bonchev–Trinajstić information content (AvgIpc) is 2.46. The Morgan fingerprint density at radius 2 is 2.16 bits per heavy atom. The minimum absolute atomic E-state index is 0.190. The van der Waals surface area contributed by atoms with Crippen molar-refractivity contribution in [3.63, 3.8) is 0 Å². The molecule has 1 aliphatic rings. The summed E-state index contributed by atoms with van der Waals surface area (Å²) in [6.45, 7) is 6.00. The van der Waals surface area contributed by atoms with Crippen LogP contribution in [-0.2, 0) is 4.79 Å². The Morgan fingerprint density at radius 1 is 1.47 bits per heavy atom. The van der Waals surface area contributed by atoms with Crippen LogP contribution in [-0.4, -0.2) is 23.4 Å². The molecule has 1 heterocycles. The fourth-order valence-corrected chi connectivity index (χ4v) is 2.19. The minimum atomic E-state index is -0.389. The third-order valence-electron chi connectivity index (χ3n) is 3.33. The maximum atomic E-state index is 11.8. The number of rotatable bonds is 2. The summed E-state index contributed by atoms with van der Waals surface area (Å²) in [7, 11) is 0. The van der Waals surface area contributed by atoms with Gasteiger partial charge in [-0.1, -0.05) is 42.5 Å². The smallest absolute Gasteiger partial charge is 0.247 e. The van der Waals surface area contributed by atoms with E-state index < -0.39 is 0 Å². The van der Waals surface area contributed by atoms with Crippen molar-refractivity contribution >= 4 is 11.5 Å². The van der Waals surface area contributed by atoms with Crippen molar-refractivity contribution in [2.75, 3.05) is 6.54 Å². The average molecular weight is 252 g/mol. The van der Waals surface area contributed by atoms with Gasteiger partial charge in [0.25, 0.3) is 0 Å². The molecule has 1 aromatic rings. The molecule has 0 saturated carbocycles. The highest BCUT2D eigenvalue weighted by Crippen LogP contribution is 2.24. The number of aryl methyl sites for hydroxylation is 1. The van der Waals surface area contributed by atoms with Crippen LogP contribution in [0.25, 0.3) is 5.57 Å². The van der Waals surface area contributed by atoms with E-state index in [1.165, 1.54) is 11.6 Å². The fourth-order valence-electron chi connectivity index (χ4n) is 2.19. The van der Waals surface area contributed by atoms with Gasteiger partial charge in [-0.2, -0.15) is 5.26 Å². The molecule has 1 atom stereocenters. The molecule has 1 amide bonds. The lowest BCUT2D eigenvalue weighted by Gasteiger charge is -2.31. The molecule has 0 radical (unpaired) electrons. The monoisotopic (exact) mass is 252 g/mol. The number of benzene rings is 1. The Balaban J connectivity index is 2.27. The molecule has 1 unspecified atom stereocenters. The summed E-state index contributed by atoms with van der Waals surface area (Å²) >= 11 is 0. The standard InChI is InChI=1S/C16H16N2O/c1-3-16(19)18-11-14(8-9-15(18)10-17)13-6-4-12(2)5-7-13/h3-8,15H,1,9,11H2,2H3. The minimum Gasteiger partial charge on any atom is -0.318 e. The molecule has 0 fully saturated rings. The lowest BCUT2D eigenvalue weighted by Crippen LogP contribution is -2.41. The first kappa shape index (κ1) is 13.1. The molecular formula is C16H16N2O. The van der Waals surface area contributed by atoms with Crippen LogP contribution in [0, 0.1) is 18.3 Å². The van der Waals surface area contributed by atoms with Gasteiger partial charge in [-0.15, -0.1) is 0 Å². The molecule has 3 nitrogen and oxygen atoms in total. The summed E-state index contributed by atoms with van der Waals surface area (Å²) in [5, 5.41) is 9.09. The van der Waals surface area contributed by atoms with E-state index in [4.69, 9.17) is 5.26 Å². The normalized spacial score (nSPS) is 18.4. The number of hydrogen-bond acceptors (Lipinski definition) is 2. The maximum Gasteiger partial charge on any atom is 0.247 e.